The Kier molecular flexibility index (Phi) is 5.84. The standard InChI is InChI=1S/C23H19BrN2O4S/c1-15-3-5-16(6-4-15)21-26-23(31(27,28)20-13-7-17(24)8-14-20)22(30-21)25-18-9-11-19(29-2)12-10-18/h3-14,25H,1-2H3. The van der Waals surface area contributed by atoms with Gasteiger partial charge < -0.3 is 14.5 Å². The van der Waals surface area contributed by atoms with E-state index in [2.05, 4.69) is 26.2 Å². The number of nitrogens with zero attached hydrogens (tertiary/aromatic N) is 1. The predicted molar refractivity (Wildman–Crippen MR) is 123 cm³/mol. The Hall–Kier alpha value is -3.10. The van der Waals surface area contributed by atoms with E-state index in [4.69, 9.17) is 9.15 Å². The van der Waals surface area contributed by atoms with Crippen LogP contribution in [-0.2, 0) is 9.84 Å². The number of aryl methyl sites for hydroxylation is 1. The van der Waals surface area contributed by atoms with Crippen LogP contribution in [0.15, 0.2) is 91.6 Å². The number of nitrogens with one attached hydrogen (secondary N) is 1. The molecule has 4 aromatic rings. The SMILES string of the molecule is COc1ccc(Nc2oc(-c3ccc(C)cc3)nc2S(=O)(=O)c2ccc(Br)cc2)cc1. The van der Waals surface area contributed by atoms with Crippen molar-refractivity contribution in [1.82, 2.24) is 4.98 Å². The van der Waals surface area contributed by atoms with E-state index in [0.717, 1.165) is 10.0 Å². The van der Waals surface area contributed by atoms with Gasteiger partial charge in [0.2, 0.25) is 26.6 Å². The molecule has 158 valence electrons. The Morgan fingerprint density at radius 3 is 2.19 bits per heavy atom. The topological polar surface area (TPSA) is 81.4 Å². The average molecular weight is 499 g/mol. The van der Waals surface area contributed by atoms with Crippen LogP contribution in [0.4, 0.5) is 11.6 Å². The molecule has 1 heterocycles. The second-order valence-corrected chi connectivity index (χ2v) is 9.61. The van der Waals surface area contributed by atoms with Crippen LogP contribution in [-0.4, -0.2) is 20.5 Å². The highest BCUT2D eigenvalue weighted by molar-refractivity contribution is 9.10. The first-order valence-electron chi connectivity index (χ1n) is 9.36. The van der Waals surface area contributed by atoms with Gasteiger partial charge in [-0.25, -0.2) is 8.42 Å². The molecule has 1 aromatic heterocycles. The van der Waals surface area contributed by atoms with Crippen LogP contribution in [0.25, 0.3) is 11.5 Å². The maximum absolute atomic E-state index is 13.4. The number of methoxy groups -OCH3 is 1. The van der Waals surface area contributed by atoms with Gasteiger partial charge in [0.15, 0.2) is 0 Å². The number of hydrogen-bond acceptors (Lipinski definition) is 6. The molecular weight excluding hydrogens is 480 g/mol. The van der Waals surface area contributed by atoms with E-state index in [9.17, 15) is 8.42 Å². The van der Waals surface area contributed by atoms with Gasteiger partial charge in [-0.1, -0.05) is 33.6 Å². The van der Waals surface area contributed by atoms with Crippen LogP contribution in [0.1, 0.15) is 5.56 Å². The lowest BCUT2D eigenvalue weighted by molar-refractivity contribution is 0.415. The smallest absolute Gasteiger partial charge is 0.238 e. The number of aromatic nitrogens is 1. The van der Waals surface area contributed by atoms with E-state index in [1.165, 1.54) is 12.1 Å². The van der Waals surface area contributed by atoms with Crippen molar-refractivity contribution in [1.29, 1.82) is 0 Å². The summed E-state index contributed by atoms with van der Waals surface area (Å²) in [5, 5.41) is 2.86. The lowest BCUT2D eigenvalue weighted by atomic mass is 10.1. The minimum absolute atomic E-state index is 0.0451. The predicted octanol–water partition coefficient (Wildman–Crippen LogP) is 6.00. The number of hydrogen-bond donors (Lipinski definition) is 1. The van der Waals surface area contributed by atoms with Crippen molar-refractivity contribution in [3.63, 3.8) is 0 Å². The van der Waals surface area contributed by atoms with Gasteiger partial charge >= 0.3 is 0 Å². The van der Waals surface area contributed by atoms with E-state index in [1.807, 2.05) is 31.2 Å². The normalized spacial score (nSPS) is 11.3. The summed E-state index contributed by atoms with van der Waals surface area (Å²) in [4.78, 5) is 4.48. The highest BCUT2D eigenvalue weighted by Gasteiger charge is 2.28. The fourth-order valence-electron chi connectivity index (χ4n) is 2.92. The fraction of sp³-hybridized carbons (Fsp3) is 0.0870. The Balaban J connectivity index is 1.81. The summed E-state index contributed by atoms with van der Waals surface area (Å²) in [6, 6.07) is 21.0. The van der Waals surface area contributed by atoms with Crippen molar-refractivity contribution in [2.45, 2.75) is 16.8 Å². The van der Waals surface area contributed by atoms with Gasteiger partial charge in [-0.2, -0.15) is 4.98 Å². The number of ether oxygens (including phenoxy) is 1. The molecule has 0 spiro atoms. The molecule has 0 radical (unpaired) electrons. The number of oxazole rings is 1. The van der Waals surface area contributed by atoms with Crippen molar-refractivity contribution < 1.29 is 17.6 Å². The summed E-state index contributed by atoms with van der Waals surface area (Å²) in [7, 11) is -2.35. The number of benzene rings is 3. The molecule has 0 fully saturated rings. The van der Waals surface area contributed by atoms with Crippen LogP contribution in [0.3, 0.4) is 0 Å². The molecule has 0 amide bonds. The quantitative estimate of drug-likeness (QED) is 0.351. The summed E-state index contributed by atoms with van der Waals surface area (Å²) in [6.45, 7) is 1.97. The molecule has 0 atom stereocenters. The third-order valence-electron chi connectivity index (χ3n) is 4.62. The first-order valence-corrected chi connectivity index (χ1v) is 11.6. The van der Waals surface area contributed by atoms with Gasteiger partial charge in [-0.3, -0.25) is 0 Å². The first-order chi connectivity index (χ1) is 14.9. The van der Waals surface area contributed by atoms with Gasteiger partial charge in [-0.05, 0) is 67.6 Å². The zero-order valence-electron chi connectivity index (χ0n) is 16.8. The summed E-state index contributed by atoms with van der Waals surface area (Å²) in [5.74, 6) is 0.946. The maximum atomic E-state index is 13.4. The summed E-state index contributed by atoms with van der Waals surface area (Å²) >= 11 is 3.33. The number of sulfone groups is 1. The molecule has 0 aliphatic heterocycles. The van der Waals surface area contributed by atoms with Crippen LogP contribution < -0.4 is 10.1 Å². The third-order valence-corrected chi connectivity index (χ3v) is 6.83. The maximum Gasteiger partial charge on any atom is 0.238 e. The van der Waals surface area contributed by atoms with Crippen LogP contribution >= 0.6 is 15.9 Å². The average Bonchev–Trinajstić information content (AvgIpc) is 3.20. The second-order valence-electron chi connectivity index (χ2n) is 6.83. The Morgan fingerprint density at radius 1 is 0.935 bits per heavy atom. The van der Waals surface area contributed by atoms with E-state index in [0.29, 0.717) is 17.0 Å². The Morgan fingerprint density at radius 2 is 1.58 bits per heavy atom. The molecule has 6 nitrogen and oxygen atoms in total. The van der Waals surface area contributed by atoms with E-state index in [1.54, 1.807) is 43.5 Å². The van der Waals surface area contributed by atoms with Crippen LogP contribution in [0, 0.1) is 6.92 Å². The van der Waals surface area contributed by atoms with Crippen molar-refractivity contribution in [2.24, 2.45) is 0 Å². The highest BCUT2D eigenvalue weighted by Crippen LogP contribution is 2.34. The van der Waals surface area contributed by atoms with Gasteiger partial charge in [-0.15, -0.1) is 0 Å². The monoisotopic (exact) mass is 498 g/mol. The van der Waals surface area contributed by atoms with Crippen molar-refractivity contribution in [3.05, 3.63) is 82.8 Å². The van der Waals surface area contributed by atoms with E-state index < -0.39 is 9.84 Å². The Labute approximate surface area is 189 Å². The zero-order chi connectivity index (χ0) is 22.0. The van der Waals surface area contributed by atoms with Gasteiger partial charge in [0.25, 0.3) is 0 Å². The molecule has 31 heavy (non-hydrogen) atoms. The fourth-order valence-corrected chi connectivity index (χ4v) is 4.44. The largest absolute Gasteiger partial charge is 0.497 e. The summed E-state index contributed by atoms with van der Waals surface area (Å²) in [5.41, 5.74) is 2.40. The second kappa shape index (κ2) is 8.56. The molecular formula is C23H19BrN2O4S. The van der Waals surface area contributed by atoms with E-state index >= 15 is 0 Å². The highest BCUT2D eigenvalue weighted by atomic mass is 79.9. The third kappa shape index (κ3) is 4.50. The van der Waals surface area contributed by atoms with Gasteiger partial charge in [0, 0.05) is 15.7 Å². The minimum atomic E-state index is -3.93. The Bertz CT molecular complexity index is 1300. The molecule has 0 saturated heterocycles. The lowest BCUT2D eigenvalue weighted by Gasteiger charge is -2.07. The zero-order valence-corrected chi connectivity index (χ0v) is 19.2. The molecule has 0 saturated carbocycles. The number of halogens is 1. The van der Waals surface area contributed by atoms with Crippen molar-refractivity contribution in [2.75, 3.05) is 12.4 Å². The molecule has 3 aromatic carbocycles. The van der Waals surface area contributed by atoms with E-state index in [-0.39, 0.29) is 21.7 Å². The summed E-state index contributed by atoms with van der Waals surface area (Å²) < 4.78 is 38.6. The van der Waals surface area contributed by atoms with Crippen LogP contribution in [0.2, 0.25) is 0 Å². The van der Waals surface area contributed by atoms with Crippen molar-refractivity contribution in [3.8, 4) is 17.2 Å². The van der Waals surface area contributed by atoms with Gasteiger partial charge in [0.05, 0.1) is 12.0 Å². The number of anilines is 2. The molecule has 0 aliphatic rings. The molecule has 0 aliphatic carbocycles. The van der Waals surface area contributed by atoms with Crippen molar-refractivity contribution >= 4 is 37.3 Å². The molecule has 0 bridgehead atoms. The first kappa shape index (κ1) is 21.1. The van der Waals surface area contributed by atoms with Gasteiger partial charge in [0.1, 0.15) is 5.75 Å². The molecule has 4 rings (SSSR count). The summed E-state index contributed by atoms with van der Waals surface area (Å²) in [6.07, 6.45) is 0. The molecule has 0 unspecified atom stereocenters. The van der Waals surface area contributed by atoms with Crippen LogP contribution in [0.5, 0.6) is 5.75 Å². The molecule has 1 N–H and O–H groups in total. The minimum Gasteiger partial charge on any atom is -0.497 e. The number of rotatable bonds is 6. The lowest BCUT2D eigenvalue weighted by Crippen LogP contribution is -2.05. The molecule has 8 heteroatoms.